The van der Waals surface area contributed by atoms with Crippen molar-refractivity contribution in [1.29, 1.82) is 0 Å². The minimum Gasteiger partial charge on any atom is -0.394 e. The Morgan fingerprint density at radius 2 is 2.04 bits per heavy atom. The standard InChI is InChI=1S/C20H20BrN3O3/c21-15-5-3-14(4-6-15)20-16-10-23(11-19(27)24(16)17(20)12-25)18(26)8-13-2-1-7-22-9-13/h1-7,9,16-17,20,25H,8,10-12H2/t16-,17-,20+/m0/s1. The molecule has 0 saturated carbocycles. The minimum absolute atomic E-state index is 0.0287. The quantitative estimate of drug-likeness (QED) is 0.800. The van der Waals surface area contributed by atoms with Gasteiger partial charge in [0.05, 0.1) is 31.7 Å². The fourth-order valence-corrected chi connectivity index (χ4v) is 4.43. The van der Waals surface area contributed by atoms with E-state index in [-0.39, 0.29) is 49.4 Å². The van der Waals surface area contributed by atoms with E-state index in [4.69, 9.17) is 0 Å². The van der Waals surface area contributed by atoms with Crippen LogP contribution in [0.2, 0.25) is 0 Å². The molecule has 2 aliphatic heterocycles. The molecule has 1 N–H and O–H groups in total. The SMILES string of the molecule is O=C(Cc1cccnc1)N1CC(=O)N2[C@@H](CO)[C@H](c3ccc(Br)cc3)[C@@H]2C1. The van der Waals surface area contributed by atoms with Crippen molar-refractivity contribution in [3.05, 3.63) is 64.4 Å². The normalized spacial score (nSPS) is 24.4. The van der Waals surface area contributed by atoms with Crippen molar-refractivity contribution in [3.63, 3.8) is 0 Å². The Hall–Kier alpha value is -2.25. The van der Waals surface area contributed by atoms with E-state index in [9.17, 15) is 14.7 Å². The molecule has 0 aliphatic carbocycles. The molecule has 1 aromatic heterocycles. The fourth-order valence-electron chi connectivity index (χ4n) is 4.16. The molecule has 2 amide bonds. The van der Waals surface area contributed by atoms with Crippen molar-refractivity contribution in [2.45, 2.75) is 24.4 Å². The van der Waals surface area contributed by atoms with Gasteiger partial charge in [0, 0.05) is 29.3 Å². The number of nitrogens with zero attached hydrogens (tertiary/aromatic N) is 3. The number of hydrogen-bond acceptors (Lipinski definition) is 4. The van der Waals surface area contributed by atoms with Crippen molar-refractivity contribution in [3.8, 4) is 0 Å². The second-order valence-electron chi connectivity index (χ2n) is 7.01. The van der Waals surface area contributed by atoms with Crippen molar-refractivity contribution in [2.75, 3.05) is 19.7 Å². The number of carbonyl (C=O) groups excluding carboxylic acids is 2. The zero-order chi connectivity index (χ0) is 19.0. The second kappa shape index (κ2) is 7.40. The molecule has 1 aromatic carbocycles. The molecule has 0 spiro atoms. The van der Waals surface area contributed by atoms with Crippen LogP contribution in [0.4, 0.5) is 0 Å². The van der Waals surface area contributed by atoms with E-state index in [1.165, 1.54) is 0 Å². The maximum Gasteiger partial charge on any atom is 0.242 e. The van der Waals surface area contributed by atoms with E-state index in [1.54, 1.807) is 28.3 Å². The van der Waals surface area contributed by atoms with E-state index in [0.717, 1.165) is 15.6 Å². The first-order valence-electron chi connectivity index (χ1n) is 8.92. The molecular weight excluding hydrogens is 410 g/mol. The molecule has 0 radical (unpaired) electrons. The maximum absolute atomic E-state index is 12.7. The van der Waals surface area contributed by atoms with Crippen LogP contribution < -0.4 is 0 Å². The summed E-state index contributed by atoms with van der Waals surface area (Å²) in [5.74, 6) is -0.141. The lowest BCUT2D eigenvalue weighted by atomic mass is 9.73. The topological polar surface area (TPSA) is 73.7 Å². The first kappa shape index (κ1) is 18.1. The van der Waals surface area contributed by atoms with Gasteiger partial charge in [0.1, 0.15) is 0 Å². The van der Waals surface area contributed by atoms with Gasteiger partial charge in [-0.2, -0.15) is 0 Å². The van der Waals surface area contributed by atoms with E-state index < -0.39 is 0 Å². The Balaban J connectivity index is 1.52. The largest absolute Gasteiger partial charge is 0.394 e. The molecule has 2 fully saturated rings. The van der Waals surface area contributed by atoms with Gasteiger partial charge in [0.25, 0.3) is 0 Å². The number of hydrogen-bond donors (Lipinski definition) is 1. The van der Waals surface area contributed by atoms with Crippen LogP contribution >= 0.6 is 15.9 Å². The lowest BCUT2D eigenvalue weighted by molar-refractivity contribution is -0.166. The summed E-state index contributed by atoms with van der Waals surface area (Å²) in [6, 6.07) is 11.3. The highest BCUT2D eigenvalue weighted by Gasteiger charge is 2.54. The molecule has 4 rings (SSSR count). The number of aliphatic hydroxyl groups is 1. The molecule has 2 aliphatic rings. The lowest BCUT2D eigenvalue weighted by Gasteiger charge is -2.58. The number of fused-ring (bicyclic) bond motifs is 1. The van der Waals surface area contributed by atoms with E-state index in [1.807, 2.05) is 30.3 Å². The summed E-state index contributed by atoms with van der Waals surface area (Å²) in [5.41, 5.74) is 1.91. The van der Waals surface area contributed by atoms with Crippen LogP contribution in [0.1, 0.15) is 17.0 Å². The molecule has 7 heteroatoms. The van der Waals surface area contributed by atoms with Crippen LogP contribution in [0.25, 0.3) is 0 Å². The number of pyridine rings is 1. The van der Waals surface area contributed by atoms with Crippen LogP contribution in [0.3, 0.4) is 0 Å². The van der Waals surface area contributed by atoms with E-state index >= 15 is 0 Å². The van der Waals surface area contributed by atoms with Crippen molar-refractivity contribution < 1.29 is 14.7 Å². The number of halogens is 1. The van der Waals surface area contributed by atoms with Crippen LogP contribution in [-0.2, 0) is 16.0 Å². The summed E-state index contributed by atoms with van der Waals surface area (Å²) < 4.78 is 0.982. The summed E-state index contributed by atoms with van der Waals surface area (Å²) >= 11 is 3.43. The van der Waals surface area contributed by atoms with Gasteiger partial charge in [-0.15, -0.1) is 0 Å². The van der Waals surface area contributed by atoms with Crippen LogP contribution in [0.5, 0.6) is 0 Å². The predicted octanol–water partition coefficient (Wildman–Crippen LogP) is 1.58. The molecular formula is C20H20BrN3O3. The number of amides is 2. The van der Waals surface area contributed by atoms with Crippen molar-refractivity contribution >= 4 is 27.7 Å². The third kappa shape index (κ3) is 3.37. The second-order valence-corrected chi connectivity index (χ2v) is 7.92. The summed E-state index contributed by atoms with van der Waals surface area (Å²) in [5, 5.41) is 9.81. The Labute approximate surface area is 165 Å². The molecule has 3 atom stereocenters. The zero-order valence-corrected chi connectivity index (χ0v) is 16.2. The lowest BCUT2D eigenvalue weighted by Crippen LogP contribution is -2.73. The molecule has 0 bridgehead atoms. The number of aromatic nitrogens is 1. The Morgan fingerprint density at radius 1 is 1.26 bits per heavy atom. The Bertz CT molecular complexity index is 843. The molecule has 6 nitrogen and oxygen atoms in total. The highest BCUT2D eigenvalue weighted by molar-refractivity contribution is 9.10. The highest BCUT2D eigenvalue weighted by atomic mass is 79.9. The summed E-state index contributed by atoms with van der Waals surface area (Å²) in [7, 11) is 0. The van der Waals surface area contributed by atoms with Crippen LogP contribution in [0, 0.1) is 0 Å². The third-order valence-electron chi connectivity index (χ3n) is 5.44. The predicted molar refractivity (Wildman–Crippen MR) is 103 cm³/mol. The average molecular weight is 430 g/mol. The van der Waals surface area contributed by atoms with E-state index in [2.05, 4.69) is 20.9 Å². The molecule has 3 heterocycles. The van der Waals surface area contributed by atoms with Crippen LogP contribution in [-0.4, -0.2) is 63.5 Å². The average Bonchev–Trinajstić information content (AvgIpc) is 2.65. The van der Waals surface area contributed by atoms with Gasteiger partial charge in [0.15, 0.2) is 0 Å². The van der Waals surface area contributed by atoms with Gasteiger partial charge < -0.3 is 14.9 Å². The molecule has 2 aromatic rings. The zero-order valence-electron chi connectivity index (χ0n) is 14.7. The number of aliphatic hydroxyl groups excluding tert-OH is 1. The summed E-state index contributed by atoms with van der Waals surface area (Å²) in [6.45, 7) is 0.480. The Kier molecular flexibility index (Phi) is 4.97. The molecule has 2 saturated heterocycles. The molecule has 0 unspecified atom stereocenters. The summed E-state index contributed by atoms with van der Waals surface area (Å²) in [6.07, 6.45) is 3.58. The highest BCUT2D eigenvalue weighted by Crippen LogP contribution is 2.43. The number of benzene rings is 1. The first-order chi connectivity index (χ1) is 13.1. The Morgan fingerprint density at radius 3 is 2.70 bits per heavy atom. The number of piperazine rings is 1. The van der Waals surface area contributed by atoms with Gasteiger partial charge in [-0.25, -0.2) is 0 Å². The third-order valence-corrected chi connectivity index (χ3v) is 5.97. The van der Waals surface area contributed by atoms with Gasteiger partial charge >= 0.3 is 0 Å². The van der Waals surface area contributed by atoms with Crippen LogP contribution in [0.15, 0.2) is 53.3 Å². The molecule has 27 heavy (non-hydrogen) atoms. The molecule has 140 valence electrons. The van der Waals surface area contributed by atoms with Gasteiger partial charge in [-0.1, -0.05) is 34.1 Å². The first-order valence-corrected chi connectivity index (χ1v) is 9.72. The number of carbonyl (C=O) groups is 2. The smallest absolute Gasteiger partial charge is 0.242 e. The van der Waals surface area contributed by atoms with E-state index in [0.29, 0.717) is 6.54 Å². The van der Waals surface area contributed by atoms with Gasteiger partial charge in [-0.3, -0.25) is 14.6 Å². The maximum atomic E-state index is 12.7. The van der Waals surface area contributed by atoms with Crippen molar-refractivity contribution in [1.82, 2.24) is 14.8 Å². The monoisotopic (exact) mass is 429 g/mol. The number of rotatable bonds is 4. The van der Waals surface area contributed by atoms with Gasteiger partial charge in [0.2, 0.25) is 11.8 Å². The van der Waals surface area contributed by atoms with Crippen molar-refractivity contribution in [2.24, 2.45) is 0 Å². The minimum atomic E-state index is -0.223. The summed E-state index contributed by atoms with van der Waals surface area (Å²) in [4.78, 5) is 32.7. The fraction of sp³-hybridized carbons (Fsp3) is 0.350. The van der Waals surface area contributed by atoms with Gasteiger partial charge in [-0.05, 0) is 29.3 Å².